The molecular formula is C58H39NO. The maximum Gasteiger partial charge on any atom is 0.159 e. The molecule has 0 amide bonds. The van der Waals surface area contributed by atoms with Crippen molar-refractivity contribution in [3.05, 3.63) is 237 Å². The van der Waals surface area contributed by atoms with Gasteiger partial charge in [-0.05, 0) is 109 Å². The lowest BCUT2D eigenvalue weighted by molar-refractivity contribution is 0.669. The molecular weight excluding hydrogens is 727 g/mol. The lowest BCUT2D eigenvalue weighted by atomic mass is 9.84. The summed E-state index contributed by atoms with van der Waals surface area (Å²) in [5.41, 5.74) is 16.7. The topological polar surface area (TPSA) is 16.4 Å². The fraction of sp³-hybridized carbons (Fsp3) is 0. The van der Waals surface area contributed by atoms with Crippen molar-refractivity contribution < 1.29 is 4.42 Å². The molecule has 11 rings (SSSR count). The van der Waals surface area contributed by atoms with Crippen molar-refractivity contribution in [2.45, 2.75) is 0 Å². The van der Waals surface area contributed by atoms with Gasteiger partial charge in [-0.2, -0.15) is 0 Å². The van der Waals surface area contributed by atoms with E-state index in [0.29, 0.717) is 0 Å². The predicted molar refractivity (Wildman–Crippen MR) is 253 cm³/mol. The minimum atomic E-state index is 0.858. The number of fused-ring (bicyclic) bond motifs is 4. The first-order chi connectivity index (χ1) is 29.8. The molecule has 2 heteroatoms. The van der Waals surface area contributed by atoms with Crippen LogP contribution in [-0.2, 0) is 0 Å². The van der Waals surface area contributed by atoms with E-state index in [0.717, 1.165) is 44.6 Å². The standard InChI is InChI=1S/C58H39NO/c1-3-16-42(17-4-1)49-21-9-10-23-53(49)57-50(43-18-5-2-6-19-43)24-13-25-51(57)44-33-37-48(38-34-44)59(55-27-14-26-54-52-22-11-12-28-56(52)60-58(54)55)47-35-31-41(32-36-47)46-30-29-40-15-7-8-20-45(40)39-46/h1-39H. The van der Waals surface area contributed by atoms with E-state index in [1.807, 2.05) is 12.1 Å². The van der Waals surface area contributed by atoms with E-state index in [4.69, 9.17) is 4.42 Å². The zero-order valence-corrected chi connectivity index (χ0v) is 32.9. The van der Waals surface area contributed by atoms with Crippen LogP contribution in [0.15, 0.2) is 241 Å². The van der Waals surface area contributed by atoms with Crippen molar-refractivity contribution in [1.29, 1.82) is 0 Å². The van der Waals surface area contributed by atoms with Gasteiger partial charge < -0.3 is 9.32 Å². The minimum Gasteiger partial charge on any atom is -0.454 e. The number of hydrogen-bond donors (Lipinski definition) is 0. The molecule has 0 saturated heterocycles. The molecule has 0 fully saturated rings. The third-order valence-corrected chi connectivity index (χ3v) is 11.7. The van der Waals surface area contributed by atoms with Crippen LogP contribution in [0.1, 0.15) is 0 Å². The van der Waals surface area contributed by atoms with Crippen molar-refractivity contribution in [3.63, 3.8) is 0 Å². The Morgan fingerprint density at radius 1 is 0.300 bits per heavy atom. The second kappa shape index (κ2) is 15.1. The smallest absolute Gasteiger partial charge is 0.159 e. The van der Waals surface area contributed by atoms with Gasteiger partial charge in [0.2, 0.25) is 0 Å². The highest BCUT2D eigenvalue weighted by atomic mass is 16.3. The normalized spacial score (nSPS) is 11.3. The van der Waals surface area contributed by atoms with Crippen molar-refractivity contribution in [2.75, 3.05) is 4.90 Å². The van der Waals surface area contributed by atoms with Gasteiger partial charge in [-0.3, -0.25) is 0 Å². The van der Waals surface area contributed by atoms with E-state index in [2.05, 4.69) is 229 Å². The molecule has 0 unspecified atom stereocenters. The van der Waals surface area contributed by atoms with E-state index in [9.17, 15) is 0 Å². The maximum atomic E-state index is 6.66. The molecule has 0 atom stereocenters. The third-order valence-electron chi connectivity index (χ3n) is 11.7. The van der Waals surface area contributed by atoms with Crippen LogP contribution in [0.25, 0.3) is 88.3 Å². The first-order valence-electron chi connectivity index (χ1n) is 20.5. The Morgan fingerprint density at radius 2 is 0.800 bits per heavy atom. The van der Waals surface area contributed by atoms with Gasteiger partial charge in [-0.25, -0.2) is 0 Å². The second-order valence-electron chi connectivity index (χ2n) is 15.2. The number of anilines is 3. The van der Waals surface area contributed by atoms with Crippen molar-refractivity contribution in [1.82, 2.24) is 0 Å². The van der Waals surface area contributed by atoms with Crippen molar-refractivity contribution in [3.8, 4) is 55.6 Å². The highest BCUT2D eigenvalue weighted by Gasteiger charge is 2.21. The predicted octanol–water partition coefficient (Wildman–Crippen LogP) is 16.5. The maximum absolute atomic E-state index is 6.66. The molecule has 2 nitrogen and oxygen atoms in total. The molecule has 10 aromatic carbocycles. The fourth-order valence-electron chi connectivity index (χ4n) is 8.81. The van der Waals surface area contributed by atoms with Crippen LogP contribution < -0.4 is 4.90 Å². The molecule has 0 N–H and O–H groups in total. The summed E-state index contributed by atoms with van der Waals surface area (Å²) in [5, 5.41) is 4.68. The molecule has 60 heavy (non-hydrogen) atoms. The Labute approximate surface area is 349 Å². The SMILES string of the molecule is c1ccc(-c2ccccc2-c2c(-c3ccccc3)cccc2-c2ccc(N(c3ccc(-c4ccc5ccccc5c4)cc3)c3cccc4c3oc3ccccc34)cc2)cc1. The van der Waals surface area contributed by atoms with Crippen LogP contribution in [0.4, 0.5) is 17.1 Å². The summed E-state index contributed by atoms with van der Waals surface area (Å²) in [4.78, 5) is 2.32. The summed E-state index contributed by atoms with van der Waals surface area (Å²) in [5.74, 6) is 0. The van der Waals surface area contributed by atoms with Crippen LogP contribution in [0.3, 0.4) is 0 Å². The molecule has 0 aliphatic heterocycles. The van der Waals surface area contributed by atoms with Gasteiger partial charge in [0.05, 0.1) is 5.69 Å². The van der Waals surface area contributed by atoms with Gasteiger partial charge in [-0.15, -0.1) is 0 Å². The molecule has 0 radical (unpaired) electrons. The third kappa shape index (κ3) is 6.32. The zero-order chi connectivity index (χ0) is 39.8. The summed E-state index contributed by atoms with van der Waals surface area (Å²) in [6.07, 6.45) is 0. The molecule has 0 saturated carbocycles. The Balaban J connectivity index is 1.06. The van der Waals surface area contributed by atoms with Gasteiger partial charge in [0.25, 0.3) is 0 Å². The number of hydrogen-bond acceptors (Lipinski definition) is 2. The van der Waals surface area contributed by atoms with Gasteiger partial charge in [-0.1, -0.05) is 194 Å². The Bertz CT molecular complexity index is 3290. The van der Waals surface area contributed by atoms with Gasteiger partial charge in [0, 0.05) is 22.1 Å². The minimum absolute atomic E-state index is 0.858. The number of furan rings is 1. The molecule has 0 spiro atoms. The van der Waals surface area contributed by atoms with E-state index in [1.54, 1.807) is 0 Å². The van der Waals surface area contributed by atoms with Gasteiger partial charge in [0.1, 0.15) is 5.58 Å². The molecule has 282 valence electrons. The Morgan fingerprint density at radius 3 is 1.52 bits per heavy atom. The summed E-state index contributed by atoms with van der Waals surface area (Å²) >= 11 is 0. The molecule has 11 aromatic rings. The van der Waals surface area contributed by atoms with Gasteiger partial charge >= 0.3 is 0 Å². The number of para-hydroxylation sites is 2. The van der Waals surface area contributed by atoms with Crippen molar-refractivity contribution in [2.24, 2.45) is 0 Å². The van der Waals surface area contributed by atoms with Crippen LogP contribution in [-0.4, -0.2) is 0 Å². The van der Waals surface area contributed by atoms with E-state index in [-0.39, 0.29) is 0 Å². The van der Waals surface area contributed by atoms with Crippen LogP contribution in [0.2, 0.25) is 0 Å². The zero-order valence-electron chi connectivity index (χ0n) is 32.9. The number of benzene rings is 10. The summed E-state index contributed by atoms with van der Waals surface area (Å²) in [7, 11) is 0. The lowest BCUT2D eigenvalue weighted by Crippen LogP contribution is -2.10. The average Bonchev–Trinajstić information content (AvgIpc) is 3.72. The van der Waals surface area contributed by atoms with E-state index < -0.39 is 0 Å². The highest BCUT2D eigenvalue weighted by molar-refractivity contribution is 6.10. The molecule has 1 heterocycles. The average molecular weight is 766 g/mol. The number of rotatable bonds is 8. The first kappa shape index (κ1) is 35.2. The van der Waals surface area contributed by atoms with Gasteiger partial charge in [0.15, 0.2) is 5.58 Å². The Kier molecular flexibility index (Phi) is 8.87. The van der Waals surface area contributed by atoms with Crippen molar-refractivity contribution >= 4 is 49.8 Å². The largest absolute Gasteiger partial charge is 0.454 e. The molecule has 0 bridgehead atoms. The second-order valence-corrected chi connectivity index (χ2v) is 15.2. The molecule has 0 aliphatic rings. The number of nitrogens with zero attached hydrogens (tertiary/aromatic N) is 1. The summed E-state index contributed by atoms with van der Waals surface area (Å²) in [6.45, 7) is 0. The summed E-state index contributed by atoms with van der Waals surface area (Å²) < 4.78 is 6.66. The Hall–Kier alpha value is -7.94. The highest BCUT2D eigenvalue weighted by Crippen LogP contribution is 2.46. The molecule has 0 aliphatic carbocycles. The van der Waals surface area contributed by atoms with E-state index in [1.165, 1.54) is 60.8 Å². The van der Waals surface area contributed by atoms with Crippen LogP contribution in [0.5, 0.6) is 0 Å². The monoisotopic (exact) mass is 765 g/mol. The van der Waals surface area contributed by atoms with Crippen LogP contribution in [0, 0.1) is 0 Å². The quantitative estimate of drug-likeness (QED) is 0.153. The fourth-order valence-corrected chi connectivity index (χ4v) is 8.81. The van der Waals surface area contributed by atoms with E-state index >= 15 is 0 Å². The lowest BCUT2D eigenvalue weighted by Gasteiger charge is -2.26. The first-order valence-corrected chi connectivity index (χ1v) is 20.5. The summed E-state index contributed by atoms with van der Waals surface area (Å²) in [6, 6.07) is 84.8. The molecule has 1 aromatic heterocycles. The van der Waals surface area contributed by atoms with Crippen LogP contribution >= 0.6 is 0 Å².